The lowest BCUT2D eigenvalue weighted by atomic mass is 10.1. The van der Waals surface area contributed by atoms with Crippen molar-refractivity contribution in [3.8, 4) is 22.5 Å². The molecule has 2 nitrogen and oxygen atoms in total. The van der Waals surface area contributed by atoms with E-state index >= 15 is 0 Å². The van der Waals surface area contributed by atoms with Crippen molar-refractivity contribution in [2.24, 2.45) is 14.1 Å². The van der Waals surface area contributed by atoms with Gasteiger partial charge in [0.15, 0.2) is 0 Å². The average Bonchev–Trinajstić information content (AvgIpc) is 3.18. The van der Waals surface area contributed by atoms with Crippen LogP contribution in [0.4, 0.5) is 0 Å². The fourth-order valence-corrected chi connectivity index (χ4v) is 4.30. The highest BCUT2D eigenvalue weighted by Crippen LogP contribution is 2.32. The van der Waals surface area contributed by atoms with Crippen LogP contribution in [0.15, 0.2) is 72.8 Å². The molecule has 0 N–H and O–H groups in total. The van der Waals surface area contributed by atoms with E-state index in [1.165, 1.54) is 55.4 Å². The Morgan fingerprint density at radius 3 is 1.29 bits per heavy atom. The topological polar surface area (TPSA) is 9.86 Å². The zero-order valence-electron chi connectivity index (χ0n) is 16.8. The molecule has 2 aromatic heterocycles. The van der Waals surface area contributed by atoms with Crippen LogP contribution >= 0.6 is 0 Å². The van der Waals surface area contributed by atoms with E-state index in [2.05, 4.69) is 110 Å². The normalized spacial score (nSPS) is 11.6. The molecule has 2 heterocycles. The molecular weight excluding hydrogens is 340 g/mol. The van der Waals surface area contributed by atoms with Gasteiger partial charge in [0.2, 0.25) is 0 Å². The van der Waals surface area contributed by atoms with Crippen molar-refractivity contribution in [1.82, 2.24) is 9.13 Å². The standard InChI is InChI=1S/C26H24N2/c1-17-5-11-23-21(13-17)15-25(27(23)3)19-7-9-20(10-8-19)26-16-22-14-18(2)6-12-24(22)28(26)4/h5-16H,1-4H3. The second-order valence-electron chi connectivity index (χ2n) is 7.88. The van der Waals surface area contributed by atoms with Crippen molar-refractivity contribution >= 4 is 21.8 Å². The van der Waals surface area contributed by atoms with Gasteiger partial charge in [-0.3, -0.25) is 0 Å². The first-order chi connectivity index (χ1) is 13.5. The summed E-state index contributed by atoms with van der Waals surface area (Å²) in [5.74, 6) is 0. The van der Waals surface area contributed by atoms with E-state index < -0.39 is 0 Å². The first-order valence-electron chi connectivity index (χ1n) is 9.74. The van der Waals surface area contributed by atoms with Gasteiger partial charge in [0.05, 0.1) is 0 Å². The molecule has 0 aliphatic carbocycles. The third-order valence-electron chi connectivity index (χ3n) is 5.87. The quantitative estimate of drug-likeness (QED) is 0.333. The van der Waals surface area contributed by atoms with Gasteiger partial charge in [0.1, 0.15) is 0 Å². The molecule has 5 aromatic rings. The van der Waals surface area contributed by atoms with E-state index in [0.29, 0.717) is 0 Å². The molecule has 138 valence electrons. The molecule has 0 atom stereocenters. The zero-order chi connectivity index (χ0) is 19.4. The number of rotatable bonds is 2. The highest BCUT2D eigenvalue weighted by Gasteiger charge is 2.11. The first kappa shape index (κ1) is 16.9. The highest BCUT2D eigenvalue weighted by atomic mass is 15.0. The first-order valence-corrected chi connectivity index (χ1v) is 9.74. The van der Waals surface area contributed by atoms with Gasteiger partial charge in [-0.05, 0) is 61.4 Å². The van der Waals surface area contributed by atoms with Crippen LogP contribution in [0.5, 0.6) is 0 Å². The van der Waals surface area contributed by atoms with Gasteiger partial charge in [0.25, 0.3) is 0 Å². The minimum atomic E-state index is 1.25. The van der Waals surface area contributed by atoms with Gasteiger partial charge in [0, 0.05) is 47.3 Å². The van der Waals surface area contributed by atoms with Gasteiger partial charge in [-0.2, -0.15) is 0 Å². The predicted octanol–water partition coefficient (Wildman–Crippen LogP) is 6.62. The lowest BCUT2D eigenvalue weighted by Crippen LogP contribution is -1.93. The van der Waals surface area contributed by atoms with Crippen molar-refractivity contribution in [3.05, 3.63) is 83.9 Å². The fourth-order valence-electron chi connectivity index (χ4n) is 4.30. The monoisotopic (exact) mass is 364 g/mol. The molecule has 0 amide bonds. The largest absolute Gasteiger partial charge is 0.344 e. The summed E-state index contributed by atoms with van der Waals surface area (Å²) >= 11 is 0. The van der Waals surface area contributed by atoms with Crippen LogP contribution in [0, 0.1) is 13.8 Å². The van der Waals surface area contributed by atoms with Gasteiger partial charge in [-0.25, -0.2) is 0 Å². The van der Waals surface area contributed by atoms with Crippen molar-refractivity contribution in [3.63, 3.8) is 0 Å². The van der Waals surface area contributed by atoms with Crippen LogP contribution < -0.4 is 0 Å². The maximum Gasteiger partial charge on any atom is 0.0488 e. The third-order valence-corrected chi connectivity index (χ3v) is 5.87. The van der Waals surface area contributed by atoms with Crippen LogP contribution in [0.3, 0.4) is 0 Å². The summed E-state index contributed by atoms with van der Waals surface area (Å²) in [5.41, 5.74) is 10.1. The van der Waals surface area contributed by atoms with Crippen molar-refractivity contribution in [2.45, 2.75) is 13.8 Å². The van der Waals surface area contributed by atoms with E-state index in [1.807, 2.05) is 0 Å². The number of hydrogen-bond acceptors (Lipinski definition) is 0. The lowest BCUT2D eigenvalue weighted by Gasteiger charge is -2.08. The minimum Gasteiger partial charge on any atom is -0.344 e. The van der Waals surface area contributed by atoms with Gasteiger partial charge >= 0.3 is 0 Å². The van der Waals surface area contributed by atoms with Gasteiger partial charge < -0.3 is 9.13 Å². The summed E-state index contributed by atoms with van der Waals surface area (Å²) in [6.45, 7) is 4.29. The van der Waals surface area contributed by atoms with Crippen LogP contribution in [0.25, 0.3) is 44.3 Å². The highest BCUT2D eigenvalue weighted by molar-refractivity contribution is 5.89. The number of benzene rings is 3. The third kappa shape index (κ3) is 2.56. The molecule has 3 aromatic carbocycles. The fraction of sp³-hybridized carbons (Fsp3) is 0.154. The molecule has 0 bridgehead atoms. The second kappa shape index (κ2) is 6.13. The summed E-state index contributed by atoms with van der Waals surface area (Å²) in [7, 11) is 4.29. The van der Waals surface area contributed by atoms with Crippen molar-refractivity contribution in [2.75, 3.05) is 0 Å². The van der Waals surface area contributed by atoms with Crippen LogP contribution in [-0.4, -0.2) is 9.13 Å². The second-order valence-corrected chi connectivity index (χ2v) is 7.88. The SMILES string of the molecule is Cc1ccc2c(c1)cc(-c1ccc(-c3cc4cc(C)ccc4n3C)cc1)n2C. The Kier molecular flexibility index (Phi) is 3.70. The molecule has 28 heavy (non-hydrogen) atoms. The summed E-state index contributed by atoms with van der Waals surface area (Å²) in [6, 6.07) is 26.8. The molecule has 0 saturated heterocycles. The number of hydrogen-bond donors (Lipinski definition) is 0. The minimum absolute atomic E-state index is 1.25. The summed E-state index contributed by atoms with van der Waals surface area (Å²) in [4.78, 5) is 0. The van der Waals surface area contributed by atoms with E-state index in [0.717, 1.165) is 0 Å². The Morgan fingerprint density at radius 2 is 0.893 bits per heavy atom. The van der Waals surface area contributed by atoms with E-state index in [4.69, 9.17) is 0 Å². The molecule has 2 heteroatoms. The molecule has 0 aliphatic rings. The Hall–Kier alpha value is -3.26. The molecule has 5 rings (SSSR count). The molecule has 0 fully saturated rings. The molecule has 0 spiro atoms. The molecular formula is C26H24N2. The Bertz CT molecular complexity index is 1230. The van der Waals surface area contributed by atoms with E-state index in [-0.39, 0.29) is 0 Å². The Labute approximate surface area is 165 Å². The Morgan fingerprint density at radius 1 is 0.500 bits per heavy atom. The molecule has 0 aliphatic heterocycles. The van der Waals surface area contributed by atoms with Gasteiger partial charge in [-0.1, -0.05) is 47.5 Å². The Balaban J connectivity index is 1.58. The smallest absolute Gasteiger partial charge is 0.0488 e. The lowest BCUT2D eigenvalue weighted by molar-refractivity contribution is 0.975. The maximum absolute atomic E-state index is 2.29. The average molecular weight is 364 g/mol. The van der Waals surface area contributed by atoms with Crippen molar-refractivity contribution < 1.29 is 0 Å². The van der Waals surface area contributed by atoms with E-state index in [1.54, 1.807) is 0 Å². The summed E-state index contributed by atoms with van der Waals surface area (Å²) in [5, 5.41) is 2.59. The van der Waals surface area contributed by atoms with E-state index in [9.17, 15) is 0 Å². The van der Waals surface area contributed by atoms with Crippen molar-refractivity contribution in [1.29, 1.82) is 0 Å². The number of aromatic nitrogens is 2. The molecule has 0 unspecified atom stereocenters. The number of fused-ring (bicyclic) bond motifs is 2. The number of nitrogens with zero attached hydrogens (tertiary/aromatic N) is 2. The maximum atomic E-state index is 2.29. The zero-order valence-corrected chi connectivity index (χ0v) is 16.8. The van der Waals surface area contributed by atoms with Crippen LogP contribution in [0.1, 0.15) is 11.1 Å². The van der Waals surface area contributed by atoms with Crippen LogP contribution in [-0.2, 0) is 14.1 Å². The predicted molar refractivity (Wildman–Crippen MR) is 120 cm³/mol. The van der Waals surface area contributed by atoms with Gasteiger partial charge in [-0.15, -0.1) is 0 Å². The molecule has 0 radical (unpaired) electrons. The summed E-state index contributed by atoms with van der Waals surface area (Å²) in [6.07, 6.45) is 0. The van der Waals surface area contributed by atoms with Crippen LogP contribution in [0.2, 0.25) is 0 Å². The summed E-state index contributed by atoms with van der Waals surface area (Å²) < 4.78 is 4.56. The number of aryl methyl sites for hydroxylation is 4. The molecule has 0 saturated carbocycles.